The first-order valence-electron chi connectivity index (χ1n) is 7.36. The Bertz CT molecular complexity index is 696. The first-order valence-corrected chi connectivity index (χ1v) is 7.36. The van der Waals surface area contributed by atoms with Crippen LogP contribution in [0.2, 0.25) is 0 Å². The van der Waals surface area contributed by atoms with Gasteiger partial charge < -0.3 is 4.42 Å². The van der Waals surface area contributed by atoms with Gasteiger partial charge in [0.1, 0.15) is 0 Å². The van der Waals surface area contributed by atoms with Gasteiger partial charge in [0, 0.05) is 18.4 Å². The van der Waals surface area contributed by atoms with Crippen LogP contribution in [0.3, 0.4) is 0 Å². The molecule has 0 bridgehead atoms. The highest BCUT2D eigenvalue weighted by atomic mass is 16.6. The topological polar surface area (TPSA) is 56.2 Å². The van der Waals surface area contributed by atoms with Crippen molar-refractivity contribution in [2.45, 2.75) is 44.4 Å². The molecule has 4 heteroatoms. The Labute approximate surface area is 123 Å². The van der Waals surface area contributed by atoms with Crippen LogP contribution in [0.5, 0.6) is 0 Å². The average Bonchev–Trinajstić information content (AvgIpc) is 2.84. The van der Waals surface area contributed by atoms with Crippen molar-refractivity contribution in [1.29, 1.82) is 0 Å². The lowest BCUT2D eigenvalue weighted by Crippen LogP contribution is -2.08. The van der Waals surface area contributed by atoms with E-state index in [9.17, 15) is 4.79 Å². The van der Waals surface area contributed by atoms with Crippen molar-refractivity contribution in [3.8, 4) is 11.8 Å². The SMILES string of the molecule is O=c1onc(CCCC#Cc2ccc(C3CCC3)cc2)o1. The molecule has 2 aromatic rings. The maximum absolute atomic E-state index is 10.6. The predicted octanol–water partition coefficient (Wildman–Crippen LogP) is 3.27. The molecule has 1 aliphatic carbocycles. The minimum Gasteiger partial charge on any atom is -0.375 e. The molecule has 1 heterocycles. The van der Waals surface area contributed by atoms with Gasteiger partial charge in [-0.25, -0.2) is 4.79 Å². The molecule has 21 heavy (non-hydrogen) atoms. The normalized spacial score (nSPS) is 14.3. The summed E-state index contributed by atoms with van der Waals surface area (Å²) in [6, 6.07) is 8.57. The molecule has 108 valence electrons. The number of hydrogen-bond donors (Lipinski definition) is 0. The average molecular weight is 283 g/mol. The molecular weight excluding hydrogens is 266 g/mol. The number of rotatable bonds is 4. The maximum atomic E-state index is 10.6. The van der Waals surface area contributed by atoms with Gasteiger partial charge in [-0.3, -0.25) is 4.52 Å². The Hall–Kier alpha value is -2.28. The van der Waals surface area contributed by atoms with Crippen molar-refractivity contribution in [1.82, 2.24) is 5.16 Å². The highest BCUT2D eigenvalue weighted by Crippen LogP contribution is 2.36. The van der Waals surface area contributed by atoms with Gasteiger partial charge in [-0.15, -0.1) is 0 Å². The third-order valence-electron chi connectivity index (χ3n) is 3.84. The zero-order valence-electron chi connectivity index (χ0n) is 11.8. The van der Waals surface area contributed by atoms with Gasteiger partial charge in [-0.05, 0) is 48.0 Å². The van der Waals surface area contributed by atoms with Crippen LogP contribution in [-0.4, -0.2) is 5.16 Å². The van der Waals surface area contributed by atoms with Crippen LogP contribution in [-0.2, 0) is 6.42 Å². The molecule has 1 aromatic heterocycles. The van der Waals surface area contributed by atoms with E-state index in [0.29, 0.717) is 12.3 Å². The summed E-state index contributed by atoms with van der Waals surface area (Å²) in [6.45, 7) is 0. The fourth-order valence-corrected chi connectivity index (χ4v) is 2.39. The van der Waals surface area contributed by atoms with E-state index in [1.807, 2.05) is 0 Å². The van der Waals surface area contributed by atoms with Gasteiger partial charge in [0.15, 0.2) is 0 Å². The van der Waals surface area contributed by atoms with E-state index in [1.54, 1.807) is 0 Å². The second-order valence-electron chi connectivity index (χ2n) is 5.33. The van der Waals surface area contributed by atoms with Gasteiger partial charge >= 0.3 is 5.82 Å². The predicted molar refractivity (Wildman–Crippen MR) is 77.9 cm³/mol. The smallest absolute Gasteiger partial charge is 0.375 e. The maximum Gasteiger partial charge on any atom is 0.542 e. The van der Waals surface area contributed by atoms with Gasteiger partial charge in [-0.2, -0.15) is 0 Å². The standard InChI is InChI=1S/C17H17NO3/c19-17-20-16(18-21-17)8-3-1-2-5-13-9-11-15(12-10-13)14-6-4-7-14/h9-12,14H,1,3-4,6-8H2. The monoisotopic (exact) mass is 283 g/mol. The van der Waals surface area contributed by atoms with E-state index < -0.39 is 5.82 Å². The van der Waals surface area contributed by atoms with Crippen molar-refractivity contribution in [3.05, 3.63) is 51.9 Å². The Morgan fingerprint density at radius 3 is 2.67 bits per heavy atom. The minimum atomic E-state index is -0.748. The van der Waals surface area contributed by atoms with Crippen LogP contribution in [0.25, 0.3) is 0 Å². The Balaban J connectivity index is 1.46. The molecule has 0 aliphatic heterocycles. The molecule has 0 N–H and O–H groups in total. The Morgan fingerprint density at radius 1 is 1.24 bits per heavy atom. The molecular formula is C17H17NO3. The van der Waals surface area contributed by atoms with Crippen LogP contribution in [0.1, 0.15) is 55.0 Å². The molecule has 0 amide bonds. The summed E-state index contributed by atoms with van der Waals surface area (Å²) in [5.74, 6) is 6.64. The van der Waals surface area contributed by atoms with E-state index in [1.165, 1.54) is 24.8 Å². The van der Waals surface area contributed by atoms with E-state index in [0.717, 1.165) is 24.3 Å². The summed E-state index contributed by atoms with van der Waals surface area (Å²) < 4.78 is 9.05. The Morgan fingerprint density at radius 2 is 2.05 bits per heavy atom. The number of nitrogens with zero attached hydrogens (tertiary/aromatic N) is 1. The lowest BCUT2D eigenvalue weighted by Gasteiger charge is -2.25. The minimum absolute atomic E-state index is 0.339. The first kappa shape index (κ1) is 13.7. The number of unbranched alkanes of at least 4 members (excludes halogenated alkanes) is 1. The van der Waals surface area contributed by atoms with Crippen LogP contribution >= 0.6 is 0 Å². The van der Waals surface area contributed by atoms with Crippen LogP contribution in [0.4, 0.5) is 0 Å². The lowest BCUT2D eigenvalue weighted by atomic mass is 9.80. The van der Waals surface area contributed by atoms with E-state index >= 15 is 0 Å². The summed E-state index contributed by atoms with van der Waals surface area (Å²) in [4.78, 5) is 10.6. The fraction of sp³-hybridized carbons (Fsp3) is 0.412. The molecule has 1 aliphatic rings. The number of hydrogen-bond acceptors (Lipinski definition) is 4. The number of benzene rings is 1. The van der Waals surface area contributed by atoms with E-state index in [2.05, 4.69) is 45.8 Å². The highest BCUT2D eigenvalue weighted by molar-refractivity contribution is 5.37. The van der Waals surface area contributed by atoms with Crippen molar-refractivity contribution < 1.29 is 8.94 Å². The molecule has 0 spiro atoms. The molecule has 1 saturated carbocycles. The van der Waals surface area contributed by atoms with Gasteiger partial charge in [-0.1, -0.05) is 30.4 Å². The lowest BCUT2D eigenvalue weighted by molar-refractivity contribution is 0.334. The quantitative estimate of drug-likeness (QED) is 0.638. The second-order valence-corrected chi connectivity index (χ2v) is 5.33. The van der Waals surface area contributed by atoms with Crippen LogP contribution in [0, 0.1) is 11.8 Å². The van der Waals surface area contributed by atoms with Crippen molar-refractivity contribution in [3.63, 3.8) is 0 Å². The van der Waals surface area contributed by atoms with Crippen molar-refractivity contribution in [2.24, 2.45) is 0 Å². The molecule has 1 fully saturated rings. The van der Waals surface area contributed by atoms with Gasteiger partial charge in [0.05, 0.1) is 0 Å². The zero-order chi connectivity index (χ0) is 14.5. The Kier molecular flexibility index (Phi) is 4.20. The van der Waals surface area contributed by atoms with Crippen molar-refractivity contribution >= 4 is 0 Å². The second kappa shape index (κ2) is 6.45. The van der Waals surface area contributed by atoms with Crippen LogP contribution in [0.15, 0.2) is 38.0 Å². The van der Waals surface area contributed by atoms with Gasteiger partial charge in [0.25, 0.3) is 0 Å². The third kappa shape index (κ3) is 3.63. The summed E-state index contributed by atoms with van der Waals surface area (Å²) in [7, 11) is 0. The number of aromatic nitrogens is 1. The molecule has 1 aromatic carbocycles. The summed E-state index contributed by atoms with van der Waals surface area (Å²) >= 11 is 0. The van der Waals surface area contributed by atoms with E-state index in [4.69, 9.17) is 4.42 Å². The molecule has 0 saturated heterocycles. The van der Waals surface area contributed by atoms with Crippen molar-refractivity contribution in [2.75, 3.05) is 0 Å². The summed E-state index contributed by atoms with van der Waals surface area (Å²) in [5, 5.41) is 3.51. The molecule has 0 radical (unpaired) electrons. The number of aryl methyl sites for hydroxylation is 1. The molecule has 4 nitrogen and oxygen atoms in total. The third-order valence-corrected chi connectivity index (χ3v) is 3.84. The summed E-state index contributed by atoms with van der Waals surface area (Å²) in [5.41, 5.74) is 2.49. The first-order chi connectivity index (χ1) is 10.3. The fourth-order valence-electron chi connectivity index (χ4n) is 2.39. The largest absolute Gasteiger partial charge is 0.542 e. The van der Waals surface area contributed by atoms with Gasteiger partial charge in [0.2, 0.25) is 5.89 Å². The molecule has 3 rings (SSSR count). The zero-order valence-corrected chi connectivity index (χ0v) is 11.8. The highest BCUT2D eigenvalue weighted by Gasteiger charge is 2.18. The molecule has 0 unspecified atom stereocenters. The molecule has 0 atom stereocenters. The van der Waals surface area contributed by atoms with Crippen LogP contribution < -0.4 is 5.82 Å². The summed E-state index contributed by atoms with van der Waals surface area (Å²) in [6.07, 6.45) is 6.11. The van der Waals surface area contributed by atoms with E-state index in [-0.39, 0.29) is 0 Å².